The van der Waals surface area contributed by atoms with Gasteiger partial charge in [-0.25, -0.2) is 10.9 Å². The third-order valence-electron chi connectivity index (χ3n) is 5.86. The van der Waals surface area contributed by atoms with Gasteiger partial charge >= 0.3 is 25.8 Å². The number of hydrogen-bond acceptors (Lipinski definition) is 3. The monoisotopic (exact) mass is 558 g/mol. The third kappa shape index (κ3) is 3.88. The lowest BCUT2D eigenvalue weighted by atomic mass is 9.86. The van der Waals surface area contributed by atoms with Crippen molar-refractivity contribution in [3.05, 3.63) is 118 Å². The number of carbonyl (C=O) groups is 1. The molecule has 0 aromatic heterocycles. The van der Waals surface area contributed by atoms with Gasteiger partial charge in [-0.1, -0.05) is 103 Å². The van der Waals surface area contributed by atoms with Gasteiger partial charge in [0.1, 0.15) is 0 Å². The van der Waals surface area contributed by atoms with Gasteiger partial charge in [0.15, 0.2) is 0 Å². The number of halogens is 1. The van der Waals surface area contributed by atoms with Crippen molar-refractivity contribution in [3.8, 4) is 33.4 Å². The average molecular weight is 558 g/mol. The Morgan fingerprint density at radius 2 is 1.09 bits per heavy atom. The second-order valence-corrected chi connectivity index (χ2v) is 10.1. The molecule has 4 nitrogen and oxygen atoms in total. The van der Waals surface area contributed by atoms with Gasteiger partial charge in [-0.15, -0.1) is 0 Å². The molecule has 0 aliphatic rings. The summed E-state index contributed by atoms with van der Waals surface area (Å²) in [5.41, 5.74) is 4.65. The van der Waals surface area contributed by atoms with Crippen LogP contribution in [0.2, 0.25) is 0 Å². The van der Waals surface area contributed by atoms with Crippen LogP contribution in [0.15, 0.2) is 109 Å². The zero-order valence-electron chi connectivity index (χ0n) is 17.9. The van der Waals surface area contributed by atoms with Gasteiger partial charge < -0.3 is 5.11 Å². The predicted octanol–water partition coefficient (Wildman–Crippen LogP) is 7.91. The molecule has 0 heterocycles. The Morgan fingerprint density at radius 1 is 0.588 bits per heavy atom. The number of rotatable bonds is 5. The standard InChI is InChI=1S/C29H19IO4/c31-29(32)27-23-17-16-22(19-10-4-1-5-11-19)26(21-14-8-3-9-15-21)25(23)18-24(28(27)30(33)34)20-12-6-2-7-13-20/h1-18H,(H,31,32). The lowest BCUT2D eigenvalue weighted by Gasteiger charge is -2.18. The maximum absolute atomic E-state index is 12.5. The SMILES string of the molecule is O=C(O)c1c(I(=O)=O)c(-c2ccccc2)cc2c(-c3ccccc3)c(-c3ccccc3)ccc12. The Bertz CT molecular complexity index is 1580. The number of carboxylic acid groups (broad SMARTS) is 1. The molecule has 0 spiro atoms. The first kappa shape index (κ1) is 22.0. The van der Waals surface area contributed by atoms with Crippen LogP contribution in [-0.2, 0) is 6.14 Å². The molecule has 5 heteroatoms. The average Bonchev–Trinajstić information content (AvgIpc) is 2.88. The van der Waals surface area contributed by atoms with Crippen LogP contribution in [-0.4, -0.2) is 11.1 Å². The van der Waals surface area contributed by atoms with Gasteiger partial charge in [0.25, 0.3) is 0 Å². The van der Waals surface area contributed by atoms with Crippen molar-refractivity contribution in [1.29, 1.82) is 0 Å². The quantitative estimate of drug-likeness (QED) is 0.223. The Kier molecular flexibility index (Phi) is 5.94. The topological polar surface area (TPSA) is 71.4 Å². The van der Waals surface area contributed by atoms with E-state index in [-0.39, 0.29) is 9.13 Å². The van der Waals surface area contributed by atoms with Crippen molar-refractivity contribution in [2.24, 2.45) is 0 Å². The highest BCUT2D eigenvalue weighted by Crippen LogP contribution is 2.44. The summed E-state index contributed by atoms with van der Waals surface area (Å²) in [6.07, 6.45) is 0. The molecule has 0 aliphatic heterocycles. The van der Waals surface area contributed by atoms with E-state index in [2.05, 4.69) is 0 Å². The molecule has 5 aromatic carbocycles. The molecule has 5 aromatic rings. The Morgan fingerprint density at radius 3 is 1.59 bits per heavy atom. The summed E-state index contributed by atoms with van der Waals surface area (Å²) in [6.45, 7) is 0. The van der Waals surface area contributed by atoms with E-state index in [0.717, 1.165) is 22.3 Å². The molecule has 5 rings (SSSR count). The van der Waals surface area contributed by atoms with E-state index in [4.69, 9.17) is 0 Å². The highest BCUT2D eigenvalue weighted by molar-refractivity contribution is 14.2. The molecule has 0 fully saturated rings. The van der Waals surface area contributed by atoms with E-state index in [9.17, 15) is 16.0 Å². The number of carboxylic acids is 1. The largest absolute Gasteiger partial charge is 0.478 e. The first-order valence-electron chi connectivity index (χ1n) is 10.6. The summed E-state index contributed by atoms with van der Waals surface area (Å²) in [7, 11) is 0. The number of benzene rings is 5. The molecule has 0 amide bonds. The summed E-state index contributed by atoms with van der Waals surface area (Å²) < 4.78 is 24.9. The van der Waals surface area contributed by atoms with Crippen molar-refractivity contribution in [2.75, 3.05) is 0 Å². The molecule has 34 heavy (non-hydrogen) atoms. The normalized spacial score (nSPS) is 11.1. The van der Waals surface area contributed by atoms with E-state index in [0.29, 0.717) is 21.9 Å². The van der Waals surface area contributed by atoms with Crippen molar-refractivity contribution in [1.82, 2.24) is 0 Å². The molecule has 0 saturated heterocycles. The molecule has 0 radical (unpaired) electrons. The second kappa shape index (κ2) is 9.19. The van der Waals surface area contributed by atoms with E-state index in [1.807, 2.05) is 91.0 Å². The Labute approximate surface area is 203 Å². The van der Waals surface area contributed by atoms with Gasteiger partial charge in [0.05, 0.1) is 9.13 Å². The predicted molar refractivity (Wildman–Crippen MR) is 141 cm³/mol. The smallest absolute Gasteiger partial charge is 0.342 e. The van der Waals surface area contributed by atoms with Crippen LogP contribution in [0, 0.1) is 3.57 Å². The number of fused-ring (bicyclic) bond motifs is 1. The zero-order chi connectivity index (χ0) is 23.7. The molecule has 0 saturated carbocycles. The van der Waals surface area contributed by atoms with Crippen molar-refractivity contribution in [3.63, 3.8) is 0 Å². The summed E-state index contributed by atoms with van der Waals surface area (Å²) in [6, 6.07) is 34.2. The van der Waals surface area contributed by atoms with Crippen LogP contribution in [0.1, 0.15) is 10.4 Å². The maximum atomic E-state index is 12.5. The molecular weight excluding hydrogens is 539 g/mol. The van der Waals surface area contributed by atoms with Crippen molar-refractivity contribution in [2.45, 2.75) is 0 Å². The lowest BCUT2D eigenvalue weighted by Crippen LogP contribution is -2.05. The highest BCUT2D eigenvalue weighted by Gasteiger charge is 2.25. The zero-order valence-corrected chi connectivity index (χ0v) is 20.1. The first-order chi connectivity index (χ1) is 16.6. The molecular formula is C29H19IO4. The highest BCUT2D eigenvalue weighted by atomic mass is 127. The van der Waals surface area contributed by atoms with Crippen LogP contribution >= 0.6 is 19.8 Å². The van der Waals surface area contributed by atoms with Gasteiger partial charge in [-0.05, 0) is 44.7 Å². The van der Waals surface area contributed by atoms with Crippen molar-refractivity contribution < 1.29 is 16.0 Å². The summed E-state index contributed by atoms with van der Waals surface area (Å²) in [5, 5.41) is 11.3. The van der Waals surface area contributed by atoms with Gasteiger partial charge in [-0.3, -0.25) is 0 Å². The minimum Gasteiger partial charge on any atom is -0.478 e. The molecule has 166 valence electrons. The molecule has 0 atom stereocenters. The lowest BCUT2D eigenvalue weighted by molar-refractivity contribution is 0.0698. The first-order valence-corrected chi connectivity index (χ1v) is 13.5. The fourth-order valence-corrected chi connectivity index (χ4v) is 6.32. The molecule has 0 unspecified atom stereocenters. The van der Waals surface area contributed by atoms with Crippen LogP contribution in [0.4, 0.5) is 0 Å². The number of aromatic carboxylic acids is 1. The van der Waals surface area contributed by atoms with Crippen LogP contribution in [0.5, 0.6) is 0 Å². The Balaban J connectivity index is 2.01. The second-order valence-electron chi connectivity index (χ2n) is 7.82. The van der Waals surface area contributed by atoms with Gasteiger partial charge in [0.2, 0.25) is 0 Å². The number of hydrogen-bond donors (Lipinski definition) is 1. The van der Waals surface area contributed by atoms with Gasteiger partial charge in [-0.2, -0.15) is 0 Å². The summed E-state index contributed by atoms with van der Waals surface area (Å²) in [4.78, 5) is 12.5. The molecule has 0 bridgehead atoms. The fraction of sp³-hybridized carbons (Fsp3) is 0. The van der Waals surface area contributed by atoms with Crippen LogP contribution < -0.4 is 0 Å². The summed E-state index contributed by atoms with van der Waals surface area (Å²) >= 11 is -4.18. The molecule has 1 N–H and O–H groups in total. The third-order valence-corrected chi connectivity index (χ3v) is 7.86. The van der Waals surface area contributed by atoms with Crippen molar-refractivity contribution >= 4 is 36.5 Å². The van der Waals surface area contributed by atoms with Gasteiger partial charge in [0, 0.05) is 5.56 Å². The van der Waals surface area contributed by atoms with E-state index in [1.165, 1.54) is 0 Å². The summed E-state index contributed by atoms with van der Waals surface area (Å²) in [5.74, 6) is -1.25. The van der Waals surface area contributed by atoms with Crippen LogP contribution in [0.25, 0.3) is 44.2 Å². The fourth-order valence-electron chi connectivity index (χ4n) is 4.42. The maximum Gasteiger partial charge on any atom is 0.342 e. The minimum atomic E-state index is -4.18. The Hall–Kier alpha value is -3.84. The van der Waals surface area contributed by atoms with E-state index >= 15 is 0 Å². The van der Waals surface area contributed by atoms with E-state index in [1.54, 1.807) is 18.2 Å². The van der Waals surface area contributed by atoms with E-state index < -0.39 is 25.8 Å². The van der Waals surface area contributed by atoms with Crippen LogP contribution in [0.3, 0.4) is 0 Å². The minimum absolute atomic E-state index is 0.0816. The molecule has 0 aliphatic carbocycles.